The van der Waals surface area contributed by atoms with Crippen molar-refractivity contribution in [3.63, 3.8) is 0 Å². The van der Waals surface area contributed by atoms with Crippen LogP contribution in [0.1, 0.15) is 58.4 Å². The summed E-state index contributed by atoms with van der Waals surface area (Å²) < 4.78 is 0. The van der Waals surface area contributed by atoms with Gasteiger partial charge in [0.2, 0.25) is 0 Å². The second kappa shape index (κ2) is 7.63. The standard InChI is InChI=1S/C17H29N3/c1-4-6-11-20(14(3)5-2)17-10-7-15(13-19-17)12-18-16-8-9-16/h7,10,13-14,16,18H,4-6,8-9,11-12H2,1-3H3. The SMILES string of the molecule is CCCCN(c1ccc(CNC2CC2)cn1)C(C)CC. The molecule has 1 N–H and O–H groups in total. The van der Waals surface area contributed by atoms with Crippen LogP contribution >= 0.6 is 0 Å². The molecule has 1 atom stereocenters. The molecule has 0 spiro atoms. The first-order valence-electron chi connectivity index (χ1n) is 8.19. The number of hydrogen-bond acceptors (Lipinski definition) is 3. The molecule has 2 rings (SSSR count). The fourth-order valence-corrected chi connectivity index (χ4v) is 2.35. The lowest BCUT2D eigenvalue weighted by atomic mass is 10.2. The lowest BCUT2D eigenvalue weighted by Crippen LogP contribution is -2.34. The molecule has 0 aromatic carbocycles. The minimum absolute atomic E-state index is 0.560. The lowest BCUT2D eigenvalue weighted by molar-refractivity contribution is 0.589. The van der Waals surface area contributed by atoms with Crippen LogP contribution in [0.2, 0.25) is 0 Å². The molecule has 112 valence electrons. The van der Waals surface area contributed by atoms with Gasteiger partial charge >= 0.3 is 0 Å². The Morgan fingerprint density at radius 2 is 2.15 bits per heavy atom. The zero-order chi connectivity index (χ0) is 14.4. The molecule has 3 heteroatoms. The van der Waals surface area contributed by atoms with Gasteiger partial charge in [0.1, 0.15) is 5.82 Å². The van der Waals surface area contributed by atoms with E-state index >= 15 is 0 Å². The predicted octanol–water partition coefficient (Wildman–Crippen LogP) is 3.74. The van der Waals surface area contributed by atoms with Gasteiger partial charge in [-0.1, -0.05) is 26.3 Å². The molecule has 0 saturated heterocycles. The van der Waals surface area contributed by atoms with Gasteiger partial charge < -0.3 is 10.2 Å². The molecule has 0 bridgehead atoms. The Bertz CT molecular complexity index is 384. The van der Waals surface area contributed by atoms with E-state index in [1.165, 1.54) is 31.2 Å². The molecule has 1 aliphatic carbocycles. The molecular formula is C17H29N3. The minimum atomic E-state index is 0.560. The van der Waals surface area contributed by atoms with Gasteiger partial charge in [-0.3, -0.25) is 0 Å². The number of pyridine rings is 1. The summed E-state index contributed by atoms with van der Waals surface area (Å²) in [5.74, 6) is 1.13. The summed E-state index contributed by atoms with van der Waals surface area (Å²) >= 11 is 0. The van der Waals surface area contributed by atoms with Gasteiger partial charge in [-0.05, 0) is 44.2 Å². The Labute approximate surface area is 123 Å². The molecule has 1 saturated carbocycles. The fraction of sp³-hybridized carbons (Fsp3) is 0.706. The topological polar surface area (TPSA) is 28.2 Å². The lowest BCUT2D eigenvalue weighted by Gasteiger charge is -2.29. The van der Waals surface area contributed by atoms with Crippen LogP contribution in [0.4, 0.5) is 5.82 Å². The van der Waals surface area contributed by atoms with Crippen molar-refractivity contribution in [2.75, 3.05) is 11.4 Å². The summed E-state index contributed by atoms with van der Waals surface area (Å²) in [6.07, 6.45) is 8.34. The van der Waals surface area contributed by atoms with Crippen molar-refractivity contribution in [3.8, 4) is 0 Å². The fourth-order valence-electron chi connectivity index (χ4n) is 2.35. The van der Waals surface area contributed by atoms with E-state index in [4.69, 9.17) is 0 Å². The van der Waals surface area contributed by atoms with E-state index in [0.29, 0.717) is 6.04 Å². The first-order chi connectivity index (χ1) is 9.74. The Morgan fingerprint density at radius 1 is 1.35 bits per heavy atom. The molecule has 1 aliphatic rings. The van der Waals surface area contributed by atoms with E-state index in [1.807, 2.05) is 6.20 Å². The van der Waals surface area contributed by atoms with Gasteiger partial charge in [0.25, 0.3) is 0 Å². The van der Waals surface area contributed by atoms with E-state index in [9.17, 15) is 0 Å². The zero-order valence-corrected chi connectivity index (χ0v) is 13.2. The first kappa shape index (κ1) is 15.3. The van der Waals surface area contributed by atoms with Gasteiger partial charge in [-0.15, -0.1) is 0 Å². The quantitative estimate of drug-likeness (QED) is 0.744. The smallest absolute Gasteiger partial charge is 0.128 e. The molecule has 0 amide bonds. The maximum absolute atomic E-state index is 4.69. The Morgan fingerprint density at radius 3 is 2.70 bits per heavy atom. The minimum Gasteiger partial charge on any atom is -0.354 e. The third kappa shape index (κ3) is 4.48. The summed E-state index contributed by atoms with van der Waals surface area (Å²) in [7, 11) is 0. The van der Waals surface area contributed by atoms with Crippen molar-refractivity contribution in [1.29, 1.82) is 0 Å². The number of anilines is 1. The highest BCUT2D eigenvalue weighted by Gasteiger charge is 2.20. The van der Waals surface area contributed by atoms with Crippen molar-refractivity contribution < 1.29 is 0 Å². The van der Waals surface area contributed by atoms with E-state index in [1.54, 1.807) is 0 Å². The molecule has 3 nitrogen and oxygen atoms in total. The summed E-state index contributed by atoms with van der Waals surface area (Å²) in [5, 5.41) is 3.54. The van der Waals surface area contributed by atoms with E-state index in [-0.39, 0.29) is 0 Å². The van der Waals surface area contributed by atoms with Crippen LogP contribution in [0.15, 0.2) is 18.3 Å². The van der Waals surface area contributed by atoms with Crippen LogP contribution in [-0.4, -0.2) is 23.6 Å². The number of nitrogens with zero attached hydrogens (tertiary/aromatic N) is 2. The summed E-state index contributed by atoms with van der Waals surface area (Å²) in [6, 6.07) is 5.73. The largest absolute Gasteiger partial charge is 0.354 e. The van der Waals surface area contributed by atoms with E-state index < -0.39 is 0 Å². The molecular weight excluding hydrogens is 246 g/mol. The number of rotatable bonds is 9. The van der Waals surface area contributed by atoms with Crippen molar-refractivity contribution in [2.45, 2.75) is 71.5 Å². The molecule has 0 radical (unpaired) electrons. The Balaban J connectivity index is 1.96. The monoisotopic (exact) mass is 275 g/mol. The average molecular weight is 275 g/mol. The molecule has 1 unspecified atom stereocenters. The van der Waals surface area contributed by atoms with Crippen LogP contribution < -0.4 is 10.2 Å². The van der Waals surface area contributed by atoms with Crippen molar-refractivity contribution in [1.82, 2.24) is 10.3 Å². The second-order valence-corrected chi connectivity index (χ2v) is 5.98. The highest BCUT2D eigenvalue weighted by atomic mass is 15.2. The third-order valence-corrected chi connectivity index (χ3v) is 4.15. The van der Waals surface area contributed by atoms with Gasteiger partial charge in [-0.2, -0.15) is 0 Å². The second-order valence-electron chi connectivity index (χ2n) is 5.98. The molecule has 1 heterocycles. The van der Waals surface area contributed by atoms with Crippen molar-refractivity contribution in [2.24, 2.45) is 0 Å². The number of unbranched alkanes of at least 4 members (excludes halogenated alkanes) is 1. The van der Waals surface area contributed by atoms with Gasteiger partial charge in [0, 0.05) is 31.4 Å². The van der Waals surface area contributed by atoms with Gasteiger partial charge in [-0.25, -0.2) is 4.98 Å². The molecule has 20 heavy (non-hydrogen) atoms. The third-order valence-electron chi connectivity index (χ3n) is 4.15. The van der Waals surface area contributed by atoms with Crippen LogP contribution in [0.3, 0.4) is 0 Å². The average Bonchev–Trinajstić information content (AvgIpc) is 3.30. The van der Waals surface area contributed by atoms with Gasteiger partial charge in [0.05, 0.1) is 0 Å². The molecule has 0 aliphatic heterocycles. The number of aromatic nitrogens is 1. The summed E-state index contributed by atoms with van der Waals surface area (Å²) in [6.45, 7) is 8.85. The maximum Gasteiger partial charge on any atom is 0.128 e. The van der Waals surface area contributed by atoms with E-state index in [0.717, 1.165) is 31.4 Å². The number of nitrogens with one attached hydrogen (secondary N) is 1. The highest BCUT2D eigenvalue weighted by Crippen LogP contribution is 2.20. The van der Waals surface area contributed by atoms with Crippen molar-refractivity contribution >= 4 is 5.82 Å². The summed E-state index contributed by atoms with van der Waals surface area (Å²) in [4.78, 5) is 7.13. The van der Waals surface area contributed by atoms with Crippen LogP contribution in [0, 0.1) is 0 Å². The molecule has 1 aromatic heterocycles. The van der Waals surface area contributed by atoms with Gasteiger partial charge in [0.15, 0.2) is 0 Å². The van der Waals surface area contributed by atoms with Crippen LogP contribution in [-0.2, 0) is 6.54 Å². The van der Waals surface area contributed by atoms with Crippen molar-refractivity contribution in [3.05, 3.63) is 23.9 Å². The normalized spacial score (nSPS) is 16.1. The zero-order valence-electron chi connectivity index (χ0n) is 13.2. The van der Waals surface area contributed by atoms with E-state index in [2.05, 4.69) is 48.1 Å². The molecule has 1 aromatic rings. The maximum atomic E-state index is 4.69. The Hall–Kier alpha value is -1.09. The molecule has 1 fully saturated rings. The predicted molar refractivity (Wildman–Crippen MR) is 86.1 cm³/mol. The highest BCUT2D eigenvalue weighted by molar-refractivity contribution is 5.40. The number of hydrogen-bond donors (Lipinski definition) is 1. The van der Waals surface area contributed by atoms with Crippen LogP contribution in [0.25, 0.3) is 0 Å². The summed E-state index contributed by atoms with van der Waals surface area (Å²) in [5.41, 5.74) is 1.29. The van der Waals surface area contributed by atoms with Crippen LogP contribution in [0.5, 0.6) is 0 Å². The first-order valence-corrected chi connectivity index (χ1v) is 8.19. The Kier molecular flexibility index (Phi) is 5.84.